The Labute approximate surface area is 190 Å². The van der Waals surface area contributed by atoms with Gasteiger partial charge in [-0.1, -0.05) is 23.7 Å². The molecule has 3 heterocycles. The summed E-state index contributed by atoms with van der Waals surface area (Å²) in [5, 5.41) is 21.4. The number of phosphoric ester groups is 1. The number of ketones is 1. The number of aromatic nitrogens is 1. The fourth-order valence-electron chi connectivity index (χ4n) is 3.65. The Bertz CT molecular complexity index is 1040. The maximum Gasteiger partial charge on any atom is 0.475 e. The zero-order valence-electron chi connectivity index (χ0n) is 17.2. The van der Waals surface area contributed by atoms with Gasteiger partial charge in [0.05, 0.1) is 24.9 Å². The molecule has 2 aromatic rings. The Morgan fingerprint density at radius 2 is 2.09 bits per heavy atom. The van der Waals surface area contributed by atoms with Crippen LogP contribution in [0.2, 0.25) is 5.02 Å². The van der Waals surface area contributed by atoms with Crippen molar-refractivity contribution >= 4 is 25.2 Å². The summed E-state index contributed by atoms with van der Waals surface area (Å²) in [6, 6.07) is 10.3. The summed E-state index contributed by atoms with van der Waals surface area (Å²) in [5.41, 5.74) is 1.18. The number of hydrogen-bond donors (Lipinski definition) is 2. The first kappa shape index (κ1) is 23.5. The van der Waals surface area contributed by atoms with Gasteiger partial charge in [-0.3, -0.25) is 18.4 Å². The van der Waals surface area contributed by atoms with E-state index in [-0.39, 0.29) is 19.0 Å². The summed E-state index contributed by atoms with van der Waals surface area (Å²) in [7, 11) is -3.93. The molecule has 2 unspecified atom stereocenters. The van der Waals surface area contributed by atoms with Crippen LogP contribution in [0.1, 0.15) is 41.6 Å². The van der Waals surface area contributed by atoms with Gasteiger partial charge in [0.1, 0.15) is 12.2 Å². The molecular formula is C21H24ClNO8P+. The van der Waals surface area contributed by atoms with Crippen LogP contribution in [0, 0.1) is 0 Å². The highest BCUT2D eigenvalue weighted by Gasteiger charge is 2.49. The first-order valence-electron chi connectivity index (χ1n) is 10.1. The molecule has 2 aliphatic heterocycles. The maximum atomic E-state index is 13.0. The molecule has 0 amide bonds. The minimum absolute atomic E-state index is 0.147. The number of carbonyl (C=O) groups is 1. The number of rotatable bonds is 6. The van der Waals surface area contributed by atoms with Gasteiger partial charge in [0.25, 0.3) is 6.23 Å². The van der Waals surface area contributed by atoms with Crippen LogP contribution in [0.3, 0.4) is 0 Å². The van der Waals surface area contributed by atoms with Gasteiger partial charge in [-0.15, -0.1) is 0 Å². The lowest BCUT2D eigenvalue weighted by molar-refractivity contribution is -0.765. The Morgan fingerprint density at radius 1 is 1.28 bits per heavy atom. The van der Waals surface area contributed by atoms with Crippen LogP contribution in [0.5, 0.6) is 0 Å². The van der Waals surface area contributed by atoms with Crippen LogP contribution < -0.4 is 4.57 Å². The van der Waals surface area contributed by atoms with Crippen molar-refractivity contribution in [3.8, 4) is 0 Å². The van der Waals surface area contributed by atoms with Crippen molar-refractivity contribution in [2.24, 2.45) is 0 Å². The standard InChI is InChI=1S/C21H24ClNO8P/c1-13(24)15-5-3-8-23(11-15)21-20(26)19(25)18(30-21)12-29-32(27)28-9-7-17(31-32)14-4-2-6-16(22)10-14/h2-6,8,10-11,17-21,25-26H,7,9,12H2,1H3/q+1/t17-,18+,19-,20?,21+,32?/m0/s1. The number of halogens is 1. The fraction of sp³-hybridized carbons (Fsp3) is 0.429. The predicted molar refractivity (Wildman–Crippen MR) is 112 cm³/mol. The van der Waals surface area contributed by atoms with E-state index in [0.29, 0.717) is 17.0 Å². The third-order valence-corrected chi connectivity index (χ3v) is 7.07. The molecular weight excluding hydrogens is 461 g/mol. The normalized spacial score (nSPS) is 32.7. The number of Topliss-reactive ketones (excluding diaryl/α,β-unsaturated/α-hetero) is 1. The summed E-state index contributed by atoms with van der Waals surface area (Å²) >= 11 is 6.03. The highest BCUT2D eigenvalue weighted by atomic mass is 35.5. The number of pyridine rings is 1. The Balaban J connectivity index is 1.41. The van der Waals surface area contributed by atoms with Gasteiger partial charge in [0.15, 0.2) is 24.3 Å². The molecule has 0 aliphatic carbocycles. The van der Waals surface area contributed by atoms with E-state index in [1.54, 1.807) is 36.5 Å². The van der Waals surface area contributed by atoms with Crippen molar-refractivity contribution in [1.29, 1.82) is 0 Å². The molecule has 32 heavy (non-hydrogen) atoms. The molecule has 1 aromatic carbocycles. The lowest BCUT2D eigenvalue weighted by Crippen LogP contribution is -2.46. The van der Waals surface area contributed by atoms with Crippen LogP contribution in [0.25, 0.3) is 0 Å². The van der Waals surface area contributed by atoms with E-state index < -0.39 is 38.5 Å². The van der Waals surface area contributed by atoms with Gasteiger partial charge >= 0.3 is 7.82 Å². The van der Waals surface area contributed by atoms with Crippen LogP contribution in [-0.4, -0.2) is 47.5 Å². The van der Waals surface area contributed by atoms with Gasteiger partial charge in [0, 0.05) is 17.5 Å². The Kier molecular flexibility index (Phi) is 7.09. The summed E-state index contributed by atoms with van der Waals surface area (Å²) in [6.07, 6.45) is -1.46. The number of carbonyl (C=O) groups excluding carboxylic acids is 1. The van der Waals surface area contributed by atoms with Gasteiger partial charge < -0.3 is 14.9 Å². The zero-order chi connectivity index (χ0) is 22.9. The third-order valence-electron chi connectivity index (χ3n) is 5.36. The largest absolute Gasteiger partial charge is 0.475 e. The van der Waals surface area contributed by atoms with E-state index in [1.807, 2.05) is 6.07 Å². The van der Waals surface area contributed by atoms with E-state index in [9.17, 15) is 19.6 Å². The first-order valence-corrected chi connectivity index (χ1v) is 12.0. The minimum atomic E-state index is -3.93. The van der Waals surface area contributed by atoms with Crippen LogP contribution in [0.4, 0.5) is 0 Å². The monoisotopic (exact) mass is 484 g/mol. The number of nitrogens with zero attached hydrogens (tertiary/aromatic N) is 1. The quantitative estimate of drug-likeness (QED) is 0.365. The number of phosphoric acid groups is 1. The smallest absolute Gasteiger partial charge is 0.387 e. The number of aliphatic hydroxyl groups excluding tert-OH is 2. The van der Waals surface area contributed by atoms with Gasteiger partial charge in [-0.05, 0) is 30.7 Å². The van der Waals surface area contributed by atoms with E-state index in [2.05, 4.69) is 0 Å². The molecule has 4 rings (SSSR count). The molecule has 2 saturated heterocycles. The predicted octanol–water partition coefficient (Wildman–Crippen LogP) is 2.75. The average molecular weight is 485 g/mol. The van der Waals surface area contributed by atoms with E-state index in [0.717, 1.165) is 5.56 Å². The van der Waals surface area contributed by atoms with E-state index >= 15 is 0 Å². The SMILES string of the molecule is CC(=O)c1ccc[n+]([C@@H]2O[C@H](COP3(=O)OCC[C@@H](c4cccc(Cl)c4)O3)[C@H](O)C2O)c1. The van der Waals surface area contributed by atoms with Crippen molar-refractivity contribution in [1.82, 2.24) is 0 Å². The molecule has 9 nitrogen and oxygen atoms in total. The van der Waals surface area contributed by atoms with Crippen LogP contribution >= 0.6 is 19.4 Å². The molecule has 0 radical (unpaired) electrons. The zero-order valence-corrected chi connectivity index (χ0v) is 18.9. The van der Waals surface area contributed by atoms with Crippen molar-refractivity contribution in [3.05, 3.63) is 64.9 Å². The molecule has 172 valence electrons. The molecule has 6 atom stereocenters. The summed E-state index contributed by atoms with van der Waals surface area (Å²) in [4.78, 5) is 11.6. The average Bonchev–Trinajstić information content (AvgIpc) is 3.06. The van der Waals surface area contributed by atoms with Crippen LogP contribution in [-0.2, 0) is 22.9 Å². The van der Waals surface area contributed by atoms with Gasteiger partial charge in [-0.2, -0.15) is 4.57 Å². The van der Waals surface area contributed by atoms with E-state index in [1.165, 1.54) is 17.7 Å². The lowest BCUT2D eigenvalue weighted by atomic mass is 10.1. The maximum absolute atomic E-state index is 13.0. The molecule has 0 saturated carbocycles. The number of benzene rings is 1. The molecule has 2 aliphatic rings. The van der Waals surface area contributed by atoms with E-state index in [4.69, 9.17) is 29.9 Å². The summed E-state index contributed by atoms with van der Waals surface area (Å²) < 4.78 is 36.5. The molecule has 0 bridgehead atoms. The Hall–Kier alpha value is -1.68. The number of ether oxygens (including phenoxy) is 1. The number of hydrogen-bond acceptors (Lipinski definition) is 8. The van der Waals surface area contributed by atoms with Crippen molar-refractivity contribution < 1.29 is 42.4 Å². The van der Waals surface area contributed by atoms with Gasteiger partial charge in [-0.25, -0.2) is 4.57 Å². The third kappa shape index (κ3) is 5.11. The van der Waals surface area contributed by atoms with Gasteiger partial charge in [0.2, 0.25) is 0 Å². The van der Waals surface area contributed by atoms with Crippen LogP contribution in [0.15, 0.2) is 48.8 Å². The first-order chi connectivity index (χ1) is 15.3. The fourth-order valence-corrected chi connectivity index (χ4v) is 5.24. The topological polar surface area (TPSA) is 115 Å². The second kappa shape index (κ2) is 9.67. The molecule has 0 spiro atoms. The molecule has 2 fully saturated rings. The second-order valence-electron chi connectivity index (χ2n) is 7.66. The Morgan fingerprint density at radius 3 is 2.84 bits per heavy atom. The molecule has 2 N–H and O–H groups in total. The highest BCUT2D eigenvalue weighted by Crippen LogP contribution is 2.57. The van der Waals surface area contributed by atoms with Crippen molar-refractivity contribution in [2.45, 2.75) is 44.0 Å². The number of aliphatic hydroxyl groups is 2. The summed E-state index contributed by atoms with van der Waals surface area (Å²) in [6.45, 7) is 1.25. The lowest BCUT2D eigenvalue weighted by Gasteiger charge is -2.29. The van der Waals surface area contributed by atoms with Crippen molar-refractivity contribution in [3.63, 3.8) is 0 Å². The highest BCUT2D eigenvalue weighted by molar-refractivity contribution is 7.48. The molecule has 1 aromatic heterocycles. The molecule has 11 heteroatoms. The minimum Gasteiger partial charge on any atom is -0.387 e. The second-order valence-corrected chi connectivity index (χ2v) is 9.71. The van der Waals surface area contributed by atoms with Crippen molar-refractivity contribution in [2.75, 3.05) is 13.2 Å². The summed E-state index contributed by atoms with van der Waals surface area (Å²) in [5.74, 6) is -0.147.